The van der Waals surface area contributed by atoms with E-state index in [0.29, 0.717) is 35.9 Å². The molecule has 1 aromatic carbocycles. The highest BCUT2D eigenvalue weighted by Gasteiger charge is 2.31. The minimum absolute atomic E-state index is 0.0339. The molecule has 0 spiro atoms. The minimum atomic E-state index is -2.75. The number of hydrogen-bond donors (Lipinski definition) is 3. The predicted molar refractivity (Wildman–Crippen MR) is 123 cm³/mol. The summed E-state index contributed by atoms with van der Waals surface area (Å²) >= 11 is 0. The Labute approximate surface area is 199 Å². The van der Waals surface area contributed by atoms with Crippen molar-refractivity contribution >= 4 is 29.1 Å². The van der Waals surface area contributed by atoms with Gasteiger partial charge in [0.2, 0.25) is 0 Å². The Morgan fingerprint density at radius 2 is 2.03 bits per heavy atom. The number of hydrogen-bond acceptors (Lipinski definition) is 9. The molecular weight excluding hydrogens is 442 g/mol. The molecule has 3 aromatic rings. The number of carbonyl (C=O) groups is 2. The van der Waals surface area contributed by atoms with Crippen LogP contribution in [0.1, 0.15) is 14.6 Å². The summed E-state index contributed by atoms with van der Waals surface area (Å²) in [6, 6.07) is 6.12. The number of amides is 3. The first-order chi connectivity index (χ1) is 17.6. The third-order valence-electron chi connectivity index (χ3n) is 5.16. The molecule has 1 saturated heterocycles. The van der Waals surface area contributed by atoms with E-state index in [1.165, 1.54) is 18.1 Å². The van der Waals surface area contributed by atoms with Crippen LogP contribution in [0.15, 0.2) is 30.6 Å². The highest BCUT2D eigenvalue weighted by molar-refractivity contribution is 5.99. The van der Waals surface area contributed by atoms with Crippen molar-refractivity contribution in [3.63, 3.8) is 0 Å². The van der Waals surface area contributed by atoms with Crippen LogP contribution in [-0.4, -0.2) is 82.2 Å². The summed E-state index contributed by atoms with van der Waals surface area (Å²) in [6.07, 6.45) is 1.51. The monoisotopic (exact) mass is 470 g/mol. The molecule has 4 rings (SSSR count). The first-order valence-corrected chi connectivity index (χ1v) is 10.2. The van der Waals surface area contributed by atoms with Gasteiger partial charge in [-0.15, -0.1) is 10.2 Å². The summed E-state index contributed by atoms with van der Waals surface area (Å²) in [5, 5.41) is 19.6. The molecule has 2 aromatic heterocycles. The Kier molecular flexibility index (Phi) is 5.49. The third-order valence-corrected chi connectivity index (χ3v) is 5.16. The van der Waals surface area contributed by atoms with Gasteiger partial charge in [-0.05, 0) is 12.1 Å². The maximum atomic E-state index is 12.7. The molecule has 3 heterocycles. The van der Waals surface area contributed by atoms with Gasteiger partial charge in [-0.25, -0.2) is 9.78 Å². The zero-order valence-electron chi connectivity index (χ0n) is 21.7. The molecule has 3 amide bonds. The van der Waals surface area contributed by atoms with E-state index >= 15 is 0 Å². The Morgan fingerprint density at radius 3 is 2.71 bits per heavy atom. The molecule has 0 unspecified atom stereocenters. The van der Waals surface area contributed by atoms with Crippen molar-refractivity contribution in [3.8, 4) is 17.1 Å². The van der Waals surface area contributed by atoms with Crippen LogP contribution < -0.4 is 20.7 Å². The van der Waals surface area contributed by atoms with E-state index < -0.39 is 18.9 Å². The number of rotatable bonds is 7. The van der Waals surface area contributed by atoms with E-state index in [2.05, 4.69) is 30.9 Å². The van der Waals surface area contributed by atoms with Crippen LogP contribution in [0.25, 0.3) is 11.4 Å². The zero-order valence-corrected chi connectivity index (χ0v) is 18.7. The molecular formula is C21H25N9O4. The first kappa shape index (κ1) is 19.2. The van der Waals surface area contributed by atoms with Crippen molar-refractivity contribution in [2.45, 2.75) is 6.10 Å². The molecule has 0 bridgehead atoms. The molecule has 13 heteroatoms. The summed E-state index contributed by atoms with van der Waals surface area (Å²) in [5.74, 6) is -0.169. The van der Waals surface area contributed by atoms with Crippen LogP contribution in [0, 0.1) is 0 Å². The average molecular weight is 471 g/mol. The van der Waals surface area contributed by atoms with Gasteiger partial charge in [-0.2, -0.15) is 5.10 Å². The van der Waals surface area contributed by atoms with Gasteiger partial charge in [0.15, 0.2) is 23.1 Å². The number of likely N-dealkylation sites (tertiary alicyclic amines) is 1. The van der Waals surface area contributed by atoms with Crippen LogP contribution in [0.3, 0.4) is 0 Å². The standard InChI is InChI=1S/C21H25N9O4/c1-22-20(31)17-15(8-16(26-27-17)25-21(32)30-9-12(10-30)33-3)24-14-7-5-6-13(18(14)34-4)19-23-11-29(2)28-19/h5-8,11-12H,9-10H2,1-4H3,(H,22,31)(H2,24,25,26,32)/i1D3. The smallest absolute Gasteiger partial charge is 0.323 e. The summed E-state index contributed by atoms with van der Waals surface area (Å²) in [7, 11) is 4.76. The molecule has 3 N–H and O–H groups in total. The summed E-state index contributed by atoms with van der Waals surface area (Å²) in [5.41, 5.74) is 0.754. The first-order valence-electron chi connectivity index (χ1n) is 11.7. The number of benzene rings is 1. The van der Waals surface area contributed by atoms with Crippen LogP contribution in [0.4, 0.5) is 22.0 Å². The van der Waals surface area contributed by atoms with Gasteiger partial charge in [0.1, 0.15) is 6.33 Å². The number of urea groups is 1. The average Bonchev–Trinajstić information content (AvgIpc) is 3.23. The molecule has 13 nitrogen and oxygen atoms in total. The fourth-order valence-electron chi connectivity index (χ4n) is 3.36. The quantitative estimate of drug-likeness (QED) is 0.464. The maximum absolute atomic E-state index is 12.7. The van der Waals surface area contributed by atoms with Gasteiger partial charge < -0.3 is 25.0 Å². The number of methoxy groups -OCH3 is 2. The topological polar surface area (TPSA) is 148 Å². The van der Waals surface area contributed by atoms with Crippen LogP contribution in [0.2, 0.25) is 0 Å². The SMILES string of the molecule is [2H]C([2H])([2H])NC(=O)c1nnc(NC(=O)N2CC(OC)C2)cc1Nc1cccc(-c2ncn(C)n2)c1OC. The molecule has 0 saturated carbocycles. The van der Waals surface area contributed by atoms with Gasteiger partial charge in [-0.1, -0.05) is 6.07 Å². The van der Waals surface area contributed by atoms with Gasteiger partial charge in [0.05, 0.1) is 43.2 Å². The van der Waals surface area contributed by atoms with E-state index in [9.17, 15) is 9.59 Å². The van der Waals surface area contributed by atoms with E-state index in [1.54, 1.807) is 43.4 Å². The van der Waals surface area contributed by atoms with E-state index in [0.717, 1.165) is 0 Å². The Balaban J connectivity index is 1.67. The molecule has 178 valence electrons. The van der Waals surface area contributed by atoms with Crippen LogP contribution in [-0.2, 0) is 11.8 Å². The lowest BCUT2D eigenvalue weighted by molar-refractivity contribution is -0.00467. The van der Waals surface area contributed by atoms with Crippen LogP contribution in [0.5, 0.6) is 5.75 Å². The fourth-order valence-corrected chi connectivity index (χ4v) is 3.36. The third kappa shape index (κ3) is 4.59. The highest BCUT2D eigenvalue weighted by atomic mass is 16.5. The normalized spacial score (nSPS) is 14.9. The molecule has 0 atom stereocenters. The van der Waals surface area contributed by atoms with Gasteiger partial charge in [0, 0.05) is 31.3 Å². The summed E-state index contributed by atoms with van der Waals surface area (Å²) in [4.78, 5) is 31.0. The Hall–Kier alpha value is -4.26. The van der Waals surface area contributed by atoms with Crippen LogP contribution >= 0.6 is 0 Å². The van der Waals surface area contributed by atoms with Crippen molar-refractivity contribution in [3.05, 3.63) is 36.3 Å². The number of ether oxygens (including phenoxy) is 2. The largest absolute Gasteiger partial charge is 0.494 e. The van der Waals surface area contributed by atoms with E-state index in [4.69, 9.17) is 13.6 Å². The lowest BCUT2D eigenvalue weighted by Gasteiger charge is -2.37. The summed E-state index contributed by atoms with van der Waals surface area (Å²) in [6.45, 7) is -1.91. The van der Waals surface area contributed by atoms with Gasteiger partial charge >= 0.3 is 6.03 Å². The molecule has 0 aliphatic carbocycles. The number of para-hydroxylation sites is 1. The number of aryl methyl sites for hydroxylation is 1. The van der Waals surface area contributed by atoms with Crippen molar-refractivity contribution in [1.29, 1.82) is 0 Å². The van der Waals surface area contributed by atoms with Crippen molar-refractivity contribution < 1.29 is 23.2 Å². The number of nitrogens with one attached hydrogen (secondary N) is 3. The zero-order chi connectivity index (χ0) is 26.7. The molecule has 0 radical (unpaired) electrons. The summed E-state index contributed by atoms with van der Waals surface area (Å²) < 4.78 is 34.4. The van der Waals surface area contributed by atoms with E-state index in [-0.39, 0.29) is 23.3 Å². The Morgan fingerprint density at radius 1 is 1.21 bits per heavy atom. The van der Waals surface area contributed by atoms with Crippen molar-refractivity contribution in [2.24, 2.45) is 7.05 Å². The minimum Gasteiger partial charge on any atom is -0.494 e. The van der Waals surface area contributed by atoms with Crippen molar-refractivity contribution in [1.82, 2.24) is 35.2 Å². The second-order valence-corrected chi connectivity index (χ2v) is 7.39. The lowest BCUT2D eigenvalue weighted by Crippen LogP contribution is -2.55. The second-order valence-electron chi connectivity index (χ2n) is 7.39. The van der Waals surface area contributed by atoms with Gasteiger partial charge in [0.25, 0.3) is 5.91 Å². The number of anilines is 3. The Bertz CT molecular complexity index is 1310. The molecule has 34 heavy (non-hydrogen) atoms. The van der Waals surface area contributed by atoms with Gasteiger partial charge in [-0.3, -0.25) is 14.8 Å². The lowest BCUT2D eigenvalue weighted by atomic mass is 10.1. The molecule has 1 aliphatic rings. The predicted octanol–water partition coefficient (Wildman–Crippen LogP) is 1.25. The highest BCUT2D eigenvalue weighted by Crippen LogP contribution is 2.37. The molecule has 1 aliphatic heterocycles. The fraction of sp³-hybridized carbons (Fsp3) is 0.333. The molecule has 1 fully saturated rings. The maximum Gasteiger partial charge on any atom is 0.323 e. The number of aromatic nitrogens is 5. The number of carbonyl (C=O) groups excluding carboxylic acids is 2. The van der Waals surface area contributed by atoms with Crippen molar-refractivity contribution in [2.75, 3.05) is 44.9 Å². The number of nitrogens with zero attached hydrogens (tertiary/aromatic N) is 6. The second kappa shape index (κ2) is 9.70. The van der Waals surface area contributed by atoms with E-state index in [1.807, 2.05) is 5.32 Å².